The van der Waals surface area contributed by atoms with Crippen molar-refractivity contribution in [1.82, 2.24) is 0 Å². The smallest absolute Gasteiger partial charge is 0.306 e. The minimum atomic E-state index is -4.61. The summed E-state index contributed by atoms with van der Waals surface area (Å²) in [5.74, 6) is -2.03. The van der Waals surface area contributed by atoms with E-state index in [1.807, 2.05) is 0 Å². The van der Waals surface area contributed by atoms with Crippen LogP contribution >= 0.6 is 0 Å². The van der Waals surface area contributed by atoms with E-state index in [0.717, 1.165) is 70.6 Å². The fraction of sp³-hybridized carbons (Fsp3) is 0.745. The van der Waals surface area contributed by atoms with E-state index in [4.69, 9.17) is 18.9 Å². The molecule has 1 rings (SSSR count). The molecule has 0 aromatic heterocycles. The van der Waals surface area contributed by atoms with Gasteiger partial charge in [0, 0.05) is 12.8 Å². The molecule has 1 fully saturated rings. The number of esters is 2. The lowest BCUT2D eigenvalue weighted by atomic mass is 10.00. The number of carbonyl (C=O) groups is 2. The summed E-state index contributed by atoms with van der Waals surface area (Å²) in [7, 11) is -4.61. The number of carbonyl (C=O) groups excluding carboxylic acids is 2. The van der Waals surface area contributed by atoms with Crippen LogP contribution in [-0.4, -0.2) is 96.0 Å². The fourth-order valence-corrected chi connectivity index (χ4v) is 7.28. The summed E-state index contributed by atoms with van der Waals surface area (Å²) in [6.45, 7) is 3.61. The second-order valence-electron chi connectivity index (χ2n) is 15.7. The first-order chi connectivity index (χ1) is 29.0. The number of allylic oxidation sites excluding steroid dienone is 10. The van der Waals surface area contributed by atoms with Crippen LogP contribution in [0.5, 0.6) is 0 Å². The first-order valence-electron chi connectivity index (χ1n) is 22.8. The SMILES string of the molecule is CC/C=C/C/C=C/C/C=C/C/C=C/C/C=C/CCCCCC(=O)OC[C@H](CO[C@H]1O[C@H](CS(=O)(=O)O)[C@@H](O)C(O)C1O)OC(=O)CCCCCCCCCCCCCCC. The number of hydrogen-bond acceptors (Lipinski definition) is 11. The van der Waals surface area contributed by atoms with E-state index < -0.39 is 71.2 Å². The Balaban J connectivity index is 2.46. The highest BCUT2D eigenvalue weighted by Crippen LogP contribution is 2.24. The molecule has 0 saturated carbocycles. The molecule has 346 valence electrons. The van der Waals surface area contributed by atoms with E-state index >= 15 is 0 Å². The molecule has 1 heterocycles. The van der Waals surface area contributed by atoms with E-state index in [1.165, 1.54) is 57.8 Å². The summed E-state index contributed by atoms with van der Waals surface area (Å²) < 4.78 is 54.0. The first kappa shape index (κ1) is 55.4. The van der Waals surface area contributed by atoms with Gasteiger partial charge >= 0.3 is 11.9 Å². The second kappa shape index (κ2) is 37.0. The van der Waals surface area contributed by atoms with Crippen LogP contribution in [0, 0.1) is 0 Å². The molecule has 0 amide bonds. The van der Waals surface area contributed by atoms with Gasteiger partial charge in [-0.05, 0) is 57.8 Å². The van der Waals surface area contributed by atoms with Gasteiger partial charge in [-0.3, -0.25) is 14.1 Å². The highest BCUT2D eigenvalue weighted by Gasteiger charge is 2.46. The molecule has 1 aliphatic heterocycles. The summed E-state index contributed by atoms with van der Waals surface area (Å²) in [6, 6.07) is 0. The van der Waals surface area contributed by atoms with Crippen LogP contribution < -0.4 is 0 Å². The van der Waals surface area contributed by atoms with Crippen LogP contribution in [0.3, 0.4) is 0 Å². The molecule has 0 aliphatic carbocycles. The van der Waals surface area contributed by atoms with E-state index in [1.54, 1.807) is 0 Å². The molecule has 0 radical (unpaired) electrons. The van der Waals surface area contributed by atoms with Crippen LogP contribution in [0.15, 0.2) is 60.8 Å². The van der Waals surface area contributed by atoms with Gasteiger partial charge < -0.3 is 34.3 Å². The molecule has 12 nitrogen and oxygen atoms in total. The van der Waals surface area contributed by atoms with Crippen LogP contribution in [0.2, 0.25) is 0 Å². The highest BCUT2D eigenvalue weighted by atomic mass is 32.2. The van der Waals surface area contributed by atoms with Crippen LogP contribution in [0.4, 0.5) is 0 Å². The molecule has 1 aliphatic rings. The van der Waals surface area contributed by atoms with E-state index in [0.29, 0.717) is 12.8 Å². The Morgan fingerprint density at radius 1 is 0.583 bits per heavy atom. The summed E-state index contributed by atoms with van der Waals surface area (Å²) >= 11 is 0. The Labute approximate surface area is 362 Å². The Morgan fingerprint density at radius 3 is 1.57 bits per heavy atom. The second-order valence-corrected chi connectivity index (χ2v) is 17.2. The third-order valence-electron chi connectivity index (χ3n) is 10.1. The zero-order chi connectivity index (χ0) is 44.1. The van der Waals surface area contributed by atoms with Gasteiger partial charge in [-0.2, -0.15) is 8.42 Å². The monoisotopic (exact) mass is 869 g/mol. The van der Waals surface area contributed by atoms with Crippen molar-refractivity contribution in [3.05, 3.63) is 60.8 Å². The quantitative estimate of drug-likeness (QED) is 0.0201. The topological polar surface area (TPSA) is 186 Å². The summed E-state index contributed by atoms with van der Waals surface area (Å²) in [6.07, 6.45) is 35.5. The molecule has 0 spiro atoms. The normalized spacial score (nSPS) is 20.7. The molecule has 1 saturated heterocycles. The Morgan fingerprint density at radius 2 is 1.05 bits per heavy atom. The molecule has 0 aromatic rings. The van der Waals surface area contributed by atoms with E-state index in [-0.39, 0.29) is 19.4 Å². The minimum absolute atomic E-state index is 0.157. The maximum absolute atomic E-state index is 12.8. The molecular weight excluding hydrogens is 789 g/mol. The fourth-order valence-electron chi connectivity index (χ4n) is 6.58. The van der Waals surface area contributed by atoms with Gasteiger partial charge in [0.25, 0.3) is 10.1 Å². The van der Waals surface area contributed by atoms with Gasteiger partial charge in [0.15, 0.2) is 12.4 Å². The summed E-state index contributed by atoms with van der Waals surface area (Å²) in [5, 5.41) is 30.9. The van der Waals surface area contributed by atoms with Crippen molar-refractivity contribution in [2.45, 2.75) is 205 Å². The molecule has 13 heteroatoms. The molecule has 4 N–H and O–H groups in total. The zero-order valence-electron chi connectivity index (χ0n) is 36.8. The Hall–Kier alpha value is -2.65. The van der Waals surface area contributed by atoms with Crippen molar-refractivity contribution in [3.63, 3.8) is 0 Å². The van der Waals surface area contributed by atoms with Gasteiger partial charge in [0.2, 0.25) is 0 Å². The predicted octanol–water partition coefficient (Wildman–Crippen LogP) is 9.34. The average Bonchev–Trinajstić information content (AvgIpc) is 3.21. The zero-order valence-corrected chi connectivity index (χ0v) is 37.6. The van der Waals surface area contributed by atoms with Crippen molar-refractivity contribution in [1.29, 1.82) is 0 Å². The van der Waals surface area contributed by atoms with Crippen LogP contribution in [0.25, 0.3) is 0 Å². The number of rotatable bonds is 37. The standard InChI is InChI=1S/C47H80O12S/c1-3-5-7-9-11-13-15-17-18-19-20-21-22-24-25-27-29-31-33-35-42(48)56-37-40(38-57-47-46(52)45(51)44(50)41(59-47)39-60(53,54)55)58-43(49)36-34-32-30-28-26-23-16-14-12-10-8-6-4-2/h5,7,11,13,17-18,20-21,24-25,40-41,44-47,50-52H,3-4,6,8-10,12,14-16,19,22-23,26-39H2,1-2H3,(H,53,54,55)/b7-5+,13-11+,18-17+,21-20+,25-24+/t40-,41-,44-,45?,46?,47+/m1/s1. The van der Waals surface area contributed by atoms with Crippen molar-refractivity contribution < 1.29 is 56.8 Å². The number of aliphatic hydroxyl groups is 3. The average molecular weight is 869 g/mol. The van der Waals surface area contributed by atoms with Gasteiger partial charge in [0.05, 0.1) is 6.61 Å². The third-order valence-corrected chi connectivity index (χ3v) is 10.9. The lowest BCUT2D eigenvalue weighted by Crippen LogP contribution is -2.60. The molecule has 6 atom stereocenters. The van der Waals surface area contributed by atoms with Crippen molar-refractivity contribution in [3.8, 4) is 0 Å². The number of hydrogen-bond donors (Lipinski definition) is 4. The summed E-state index contributed by atoms with van der Waals surface area (Å²) in [5.41, 5.74) is 0. The van der Waals surface area contributed by atoms with E-state index in [9.17, 15) is 37.9 Å². The van der Waals surface area contributed by atoms with Gasteiger partial charge in [-0.25, -0.2) is 0 Å². The third kappa shape index (κ3) is 31.2. The molecule has 0 bridgehead atoms. The maximum atomic E-state index is 12.8. The van der Waals surface area contributed by atoms with Gasteiger partial charge in [-0.15, -0.1) is 0 Å². The first-order valence-corrected chi connectivity index (χ1v) is 24.5. The Kier molecular flexibility index (Phi) is 34.1. The summed E-state index contributed by atoms with van der Waals surface area (Å²) in [4.78, 5) is 25.4. The minimum Gasteiger partial charge on any atom is -0.462 e. The van der Waals surface area contributed by atoms with Crippen molar-refractivity contribution >= 4 is 22.1 Å². The van der Waals surface area contributed by atoms with Crippen molar-refractivity contribution in [2.75, 3.05) is 19.0 Å². The number of aliphatic hydroxyl groups excluding tert-OH is 3. The predicted molar refractivity (Wildman–Crippen MR) is 238 cm³/mol. The molecule has 60 heavy (non-hydrogen) atoms. The largest absolute Gasteiger partial charge is 0.462 e. The lowest BCUT2D eigenvalue weighted by molar-refractivity contribution is -0.297. The number of unbranched alkanes of at least 4 members (excludes halogenated alkanes) is 15. The maximum Gasteiger partial charge on any atom is 0.306 e. The highest BCUT2D eigenvalue weighted by molar-refractivity contribution is 7.85. The van der Waals surface area contributed by atoms with Gasteiger partial charge in [-0.1, -0.05) is 158 Å². The van der Waals surface area contributed by atoms with Crippen LogP contribution in [0.1, 0.15) is 168 Å². The van der Waals surface area contributed by atoms with Crippen LogP contribution in [-0.2, 0) is 38.7 Å². The lowest BCUT2D eigenvalue weighted by Gasteiger charge is -2.40. The number of ether oxygens (including phenoxy) is 4. The molecular formula is C47H80O12S. The molecule has 0 aromatic carbocycles. The van der Waals surface area contributed by atoms with Crippen molar-refractivity contribution in [2.24, 2.45) is 0 Å². The van der Waals surface area contributed by atoms with Gasteiger partial charge in [0.1, 0.15) is 36.8 Å². The Bertz CT molecular complexity index is 1340. The van der Waals surface area contributed by atoms with E-state index in [2.05, 4.69) is 74.6 Å². The molecule has 2 unspecified atom stereocenters.